The number of aromatic nitrogens is 2. The van der Waals surface area contributed by atoms with E-state index in [1.165, 1.54) is 19.3 Å². The highest BCUT2D eigenvalue weighted by molar-refractivity contribution is 5.76. The number of nitrogens with zero attached hydrogens (tertiary/aromatic N) is 2. The lowest BCUT2D eigenvalue weighted by Crippen LogP contribution is -2.36. The van der Waals surface area contributed by atoms with E-state index in [4.69, 9.17) is 4.74 Å². The van der Waals surface area contributed by atoms with E-state index in [2.05, 4.69) is 28.8 Å². The first kappa shape index (κ1) is 20.4. The Morgan fingerprint density at radius 2 is 2.17 bits per heavy atom. The van der Waals surface area contributed by atoms with Crippen LogP contribution in [0.1, 0.15) is 63.9 Å². The van der Waals surface area contributed by atoms with Gasteiger partial charge >= 0.3 is 0 Å². The number of nitrogens with one attached hydrogen (secondary N) is 2. The summed E-state index contributed by atoms with van der Waals surface area (Å²) in [7, 11) is 0. The number of hydrogen-bond donors (Lipinski definition) is 2. The monoisotopic (exact) mass is 410 g/mol. The van der Waals surface area contributed by atoms with Crippen molar-refractivity contribution in [3.8, 4) is 5.75 Å². The summed E-state index contributed by atoms with van der Waals surface area (Å²) in [6.07, 6.45) is 7.86. The molecular formula is C23H30N4O3. The van der Waals surface area contributed by atoms with Gasteiger partial charge in [0.2, 0.25) is 11.5 Å². The molecule has 1 aromatic heterocycles. The Morgan fingerprint density at radius 3 is 2.93 bits per heavy atom. The fourth-order valence-electron chi connectivity index (χ4n) is 4.27. The molecule has 0 bridgehead atoms. The normalized spacial score (nSPS) is 16.8. The standard InChI is InChI=1S/C23H30N4O3/c1-3-18(11-12-21(28)24-17-7-5-4-6-8-17)30-19-10-9-16-14-27-15(2)22(29)26-23(27)25-20(16)13-19/h9-10,13,17-18H,2-8,11-12,14H2,1H3,(H,24,28)(H,25,26,29). The summed E-state index contributed by atoms with van der Waals surface area (Å²) in [6, 6.07) is 6.15. The molecule has 2 aliphatic rings. The number of carbonyl (C=O) groups excluding carboxylic acids is 1. The van der Waals surface area contributed by atoms with Crippen molar-refractivity contribution in [2.45, 2.75) is 77.0 Å². The maximum atomic E-state index is 12.3. The zero-order valence-electron chi connectivity index (χ0n) is 17.6. The Morgan fingerprint density at radius 1 is 1.37 bits per heavy atom. The van der Waals surface area contributed by atoms with Gasteiger partial charge in [-0.25, -0.2) is 4.99 Å². The van der Waals surface area contributed by atoms with Gasteiger partial charge in [0.25, 0.3) is 5.56 Å². The molecule has 1 aliphatic heterocycles. The third-order valence-electron chi connectivity index (χ3n) is 6.10. The van der Waals surface area contributed by atoms with E-state index >= 15 is 0 Å². The zero-order chi connectivity index (χ0) is 21.1. The largest absolute Gasteiger partial charge is 0.490 e. The van der Waals surface area contributed by atoms with Crippen molar-refractivity contribution in [2.75, 3.05) is 0 Å². The molecule has 7 nitrogen and oxygen atoms in total. The molecule has 1 fully saturated rings. The first-order valence-corrected chi connectivity index (χ1v) is 11.0. The van der Waals surface area contributed by atoms with Crippen LogP contribution in [0.2, 0.25) is 0 Å². The fourth-order valence-corrected chi connectivity index (χ4v) is 4.27. The van der Waals surface area contributed by atoms with Gasteiger partial charge in [0.05, 0.1) is 18.3 Å². The summed E-state index contributed by atoms with van der Waals surface area (Å²) >= 11 is 0. The SMILES string of the molecule is C=c1c(=O)[nH]c2n1Cc1ccc(OC(CC)CCC(=O)NC3CCCCC3)cc1N=2. The van der Waals surface area contributed by atoms with Crippen LogP contribution in [0.5, 0.6) is 5.75 Å². The minimum absolute atomic E-state index is 0.0288. The molecule has 4 rings (SSSR count). The summed E-state index contributed by atoms with van der Waals surface area (Å²) in [5, 5.41) is 3.59. The highest BCUT2D eigenvalue weighted by Gasteiger charge is 2.18. The number of benzene rings is 1. The van der Waals surface area contributed by atoms with Crippen molar-refractivity contribution in [1.82, 2.24) is 14.9 Å². The lowest BCUT2D eigenvalue weighted by molar-refractivity contribution is -0.122. The molecule has 7 heteroatoms. The first-order chi connectivity index (χ1) is 14.5. The van der Waals surface area contributed by atoms with Gasteiger partial charge in [-0.1, -0.05) is 38.8 Å². The Bertz CT molecular complexity index is 1080. The van der Waals surface area contributed by atoms with Crippen LogP contribution >= 0.6 is 0 Å². The van der Waals surface area contributed by atoms with Crippen LogP contribution in [0.25, 0.3) is 6.58 Å². The predicted octanol–water partition coefficient (Wildman–Crippen LogP) is 2.29. The van der Waals surface area contributed by atoms with Gasteiger partial charge in [-0.3, -0.25) is 14.6 Å². The molecule has 1 atom stereocenters. The van der Waals surface area contributed by atoms with E-state index in [1.807, 2.05) is 18.2 Å². The molecule has 1 aromatic carbocycles. The number of aromatic amines is 1. The smallest absolute Gasteiger partial charge is 0.274 e. The average molecular weight is 411 g/mol. The summed E-state index contributed by atoms with van der Waals surface area (Å²) in [6.45, 7) is 6.44. The maximum Gasteiger partial charge on any atom is 0.274 e. The van der Waals surface area contributed by atoms with Crippen LogP contribution in [0.15, 0.2) is 28.0 Å². The van der Waals surface area contributed by atoms with Crippen molar-refractivity contribution < 1.29 is 9.53 Å². The lowest BCUT2D eigenvalue weighted by Gasteiger charge is -2.23. The van der Waals surface area contributed by atoms with E-state index in [1.54, 1.807) is 4.57 Å². The molecule has 0 saturated heterocycles. The Labute approximate surface area is 175 Å². The number of imidazole rings is 1. The van der Waals surface area contributed by atoms with Gasteiger partial charge in [0.15, 0.2) is 0 Å². The molecule has 160 valence electrons. The second-order valence-corrected chi connectivity index (χ2v) is 8.30. The number of fused-ring (bicyclic) bond motifs is 2. The minimum Gasteiger partial charge on any atom is -0.490 e. The summed E-state index contributed by atoms with van der Waals surface area (Å²) in [5.41, 5.74) is 2.11. The number of amides is 1. The maximum absolute atomic E-state index is 12.3. The highest BCUT2D eigenvalue weighted by atomic mass is 16.5. The van der Waals surface area contributed by atoms with E-state index in [-0.39, 0.29) is 17.6 Å². The van der Waals surface area contributed by atoms with Crippen molar-refractivity contribution in [3.63, 3.8) is 0 Å². The lowest BCUT2D eigenvalue weighted by atomic mass is 9.95. The Kier molecular flexibility index (Phi) is 6.06. The Hall–Kier alpha value is -2.83. The number of carbonyl (C=O) groups is 1. The van der Waals surface area contributed by atoms with Crippen molar-refractivity contribution in [1.29, 1.82) is 0 Å². The summed E-state index contributed by atoms with van der Waals surface area (Å²) in [4.78, 5) is 31.4. The fraction of sp³-hybridized carbons (Fsp3) is 0.522. The molecule has 2 aromatic rings. The average Bonchev–Trinajstić information content (AvgIpc) is 3.03. The van der Waals surface area contributed by atoms with Crippen molar-refractivity contribution >= 4 is 18.2 Å². The highest BCUT2D eigenvalue weighted by Crippen LogP contribution is 2.28. The van der Waals surface area contributed by atoms with Gasteiger partial charge in [-0.05, 0) is 37.3 Å². The van der Waals surface area contributed by atoms with E-state index in [0.29, 0.717) is 36.4 Å². The van der Waals surface area contributed by atoms with Crippen LogP contribution in [0, 0.1) is 0 Å². The number of rotatable bonds is 7. The Balaban J connectivity index is 1.38. The van der Waals surface area contributed by atoms with Gasteiger partial charge in [-0.2, -0.15) is 0 Å². The second kappa shape index (κ2) is 8.90. The first-order valence-electron chi connectivity index (χ1n) is 11.0. The number of H-pyrrole nitrogens is 1. The predicted molar refractivity (Wildman–Crippen MR) is 116 cm³/mol. The molecule has 30 heavy (non-hydrogen) atoms. The third-order valence-corrected chi connectivity index (χ3v) is 6.10. The van der Waals surface area contributed by atoms with E-state index in [0.717, 1.165) is 36.3 Å². The van der Waals surface area contributed by atoms with E-state index < -0.39 is 0 Å². The number of hydrogen-bond acceptors (Lipinski definition) is 4. The molecule has 1 aliphatic carbocycles. The van der Waals surface area contributed by atoms with Crippen LogP contribution in [-0.2, 0) is 11.3 Å². The van der Waals surface area contributed by atoms with Crippen molar-refractivity contribution in [2.24, 2.45) is 4.99 Å². The minimum atomic E-state index is -0.212. The molecule has 2 N–H and O–H groups in total. The molecule has 1 amide bonds. The van der Waals surface area contributed by atoms with Crippen LogP contribution in [0.3, 0.4) is 0 Å². The zero-order valence-corrected chi connectivity index (χ0v) is 17.6. The molecular weight excluding hydrogens is 380 g/mol. The molecule has 1 saturated carbocycles. The number of ether oxygens (including phenoxy) is 1. The third kappa shape index (κ3) is 4.50. The topological polar surface area (TPSA) is 88.5 Å². The summed E-state index contributed by atoms with van der Waals surface area (Å²) in [5.74, 6) is 0.854. The van der Waals surface area contributed by atoms with Crippen LogP contribution in [0.4, 0.5) is 5.69 Å². The van der Waals surface area contributed by atoms with Gasteiger partial charge in [0.1, 0.15) is 11.1 Å². The second-order valence-electron chi connectivity index (χ2n) is 8.30. The van der Waals surface area contributed by atoms with Crippen LogP contribution < -0.4 is 26.6 Å². The van der Waals surface area contributed by atoms with E-state index in [9.17, 15) is 9.59 Å². The van der Waals surface area contributed by atoms with Gasteiger partial charge in [-0.15, -0.1) is 0 Å². The molecule has 0 spiro atoms. The molecule has 1 unspecified atom stereocenters. The summed E-state index contributed by atoms with van der Waals surface area (Å²) < 4.78 is 7.94. The molecule has 0 radical (unpaired) electrons. The van der Waals surface area contributed by atoms with Gasteiger partial charge < -0.3 is 14.6 Å². The quantitative estimate of drug-likeness (QED) is 0.626. The van der Waals surface area contributed by atoms with Crippen LogP contribution in [-0.4, -0.2) is 27.6 Å². The van der Waals surface area contributed by atoms with Gasteiger partial charge in [0, 0.05) is 18.5 Å². The van der Waals surface area contributed by atoms with Crippen molar-refractivity contribution in [3.05, 3.63) is 45.1 Å². The molecule has 2 heterocycles.